The van der Waals surface area contributed by atoms with Gasteiger partial charge in [-0.2, -0.15) is 4.98 Å². The molecule has 0 aliphatic heterocycles. The van der Waals surface area contributed by atoms with Gasteiger partial charge >= 0.3 is 0 Å². The van der Waals surface area contributed by atoms with Gasteiger partial charge in [-0.3, -0.25) is 9.59 Å². The van der Waals surface area contributed by atoms with Gasteiger partial charge in [0, 0.05) is 37.1 Å². The van der Waals surface area contributed by atoms with Gasteiger partial charge in [0.2, 0.25) is 23.5 Å². The van der Waals surface area contributed by atoms with Crippen LogP contribution in [-0.2, 0) is 20.7 Å². The van der Waals surface area contributed by atoms with E-state index in [-0.39, 0.29) is 31.2 Å². The maximum absolute atomic E-state index is 11.7. The van der Waals surface area contributed by atoms with Crippen molar-refractivity contribution in [3.05, 3.63) is 35.2 Å². The highest BCUT2D eigenvalue weighted by Gasteiger charge is 2.11. The van der Waals surface area contributed by atoms with Gasteiger partial charge in [-0.25, -0.2) is 0 Å². The van der Waals surface area contributed by atoms with E-state index < -0.39 is 0 Å². The number of ether oxygens (including phenoxy) is 1. The van der Waals surface area contributed by atoms with Crippen LogP contribution in [0, 0.1) is 0 Å². The number of halogens is 1. The van der Waals surface area contributed by atoms with E-state index in [1.54, 1.807) is 31.4 Å². The minimum atomic E-state index is -0.270. The van der Waals surface area contributed by atoms with Crippen LogP contribution in [0.2, 0.25) is 5.02 Å². The summed E-state index contributed by atoms with van der Waals surface area (Å²) in [6.45, 7) is 0.746. The third-order valence-corrected chi connectivity index (χ3v) is 3.46. The van der Waals surface area contributed by atoms with Gasteiger partial charge in [0.15, 0.2) is 0 Å². The molecule has 1 heterocycles. The van der Waals surface area contributed by atoms with E-state index >= 15 is 0 Å². The summed E-state index contributed by atoms with van der Waals surface area (Å²) in [5, 5.41) is 9.63. The van der Waals surface area contributed by atoms with Gasteiger partial charge in [-0.1, -0.05) is 16.8 Å². The summed E-state index contributed by atoms with van der Waals surface area (Å²) in [5.41, 5.74) is 0.775. The number of carbonyl (C=O) groups excluding carboxylic acids is 2. The molecule has 0 aliphatic rings. The van der Waals surface area contributed by atoms with Gasteiger partial charge in [0.1, 0.15) is 0 Å². The van der Waals surface area contributed by atoms with Crippen molar-refractivity contribution >= 4 is 23.4 Å². The Morgan fingerprint density at radius 3 is 2.68 bits per heavy atom. The summed E-state index contributed by atoms with van der Waals surface area (Å²) in [4.78, 5) is 27.4. The van der Waals surface area contributed by atoms with E-state index in [2.05, 4.69) is 20.8 Å². The second-order valence-electron chi connectivity index (χ2n) is 5.14. The highest BCUT2D eigenvalue weighted by atomic mass is 35.5. The van der Waals surface area contributed by atoms with Crippen LogP contribution in [0.25, 0.3) is 11.4 Å². The zero-order valence-electron chi connectivity index (χ0n) is 13.8. The molecule has 1 aromatic heterocycles. The van der Waals surface area contributed by atoms with E-state index in [0.29, 0.717) is 29.9 Å². The Labute approximate surface area is 149 Å². The molecule has 1 aromatic carbocycles. The molecule has 9 heteroatoms. The minimum absolute atomic E-state index is 0.0809. The minimum Gasteiger partial charge on any atom is -0.383 e. The van der Waals surface area contributed by atoms with Crippen LogP contribution >= 0.6 is 11.6 Å². The largest absolute Gasteiger partial charge is 0.383 e. The first kappa shape index (κ1) is 18.9. The Morgan fingerprint density at radius 2 is 1.96 bits per heavy atom. The van der Waals surface area contributed by atoms with Crippen LogP contribution in [-0.4, -0.2) is 48.8 Å². The number of aromatic nitrogens is 2. The Balaban J connectivity index is 1.73. The number of hydrogen-bond acceptors (Lipinski definition) is 6. The average Bonchev–Trinajstić information content (AvgIpc) is 3.08. The number of carbonyl (C=O) groups is 2. The molecule has 0 aliphatic carbocycles. The molecule has 0 fully saturated rings. The molecule has 2 amide bonds. The fourth-order valence-electron chi connectivity index (χ4n) is 1.92. The van der Waals surface area contributed by atoms with Crippen LogP contribution in [0.15, 0.2) is 28.8 Å². The molecule has 0 bridgehead atoms. The predicted octanol–water partition coefficient (Wildman–Crippen LogP) is 1.20. The number of methoxy groups -OCH3 is 1. The molecule has 2 aromatic rings. The number of nitrogens with one attached hydrogen (secondary N) is 2. The summed E-state index contributed by atoms with van der Waals surface area (Å²) in [6, 6.07) is 7.04. The van der Waals surface area contributed by atoms with Gasteiger partial charge < -0.3 is 19.9 Å². The highest BCUT2D eigenvalue weighted by Crippen LogP contribution is 2.18. The van der Waals surface area contributed by atoms with Crippen molar-refractivity contribution in [3.63, 3.8) is 0 Å². The molecule has 0 spiro atoms. The topological polar surface area (TPSA) is 106 Å². The van der Waals surface area contributed by atoms with E-state index in [4.69, 9.17) is 20.9 Å². The SMILES string of the molecule is COCCNC(=O)CNC(=O)CCc1nc(-c2ccc(Cl)cc2)no1. The molecule has 8 nitrogen and oxygen atoms in total. The normalized spacial score (nSPS) is 10.5. The monoisotopic (exact) mass is 366 g/mol. The summed E-state index contributed by atoms with van der Waals surface area (Å²) in [6.07, 6.45) is 0.436. The van der Waals surface area contributed by atoms with Crippen LogP contribution in [0.4, 0.5) is 0 Å². The van der Waals surface area contributed by atoms with E-state index in [9.17, 15) is 9.59 Å². The zero-order chi connectivity index (χ0) is 18.1. The number of hydrogen-bond donors (Lipinski definition) is 2. The smallest absolute Gasteiger partial charge is 0.239 e. The number of benzene rings is 1. The molecule has 0 radical (unpaired) electrons. The van der Waals surface area contributed by atoms with Gasteiger partial charge in [0.25, 0.3) is 0 Å². The fourth-order valence-corrected chi connectivity index (χ4v) is 2.04. The van der Waals surface area contributed by atoms with Gasteiger partial charge in [0.05, 0.1) is 13.2 Å². The molecule has 134 valence electrons. The summed E-state index contributed by atoms with van der Waals surface area (Å²) < 4.78 is 9.94. The molecule has 0 saturated carbocycles. The lowest BCUT2D eigenvalue weighted by atomic mass is 10.2. The Kier molecular flexibility index (Phi) is 7.36. The van der Waals surface area contributed by atoms with E-state index in [1.807, 2.05) is 0 Å². The standard InChI is InChI=1S/C16H19ClN4O4/c1-24-9-8-18-14(23)10-19-13(22)6-7-15-20-16(21-25-15)11-2-4-12(17)5-3-11/h2-5H,6-10H2,1H3,(H,18,23)(H,19,22). The first-order chi connectivity index (χ1) is 12.1. The highest BCUT2D eigenvalue weighted by molar-refractivity contribution is 6.30. The van der Waals surface area contributed by atoms with Crippen molar-refractivity contribution in [1.82, 2.24) is 20.8 Å². The van der Waals surface area contributed by atoms with Crippen LogP contribution < -0.4 is 10.6 Å². The Hall–Kier alpha value is -2.45. The fraction of sp³-hybridized carbons (Fsp3) is 0.375. The van der Waals surface area contributed by atoms with Crippen molar-refractivity contribution < 1.29 is 18.8 Å². The first-order valence-corrected chi connectivity index (χ1v) is 8.07. The molecule has 25 heavy (non-hydrogen) atoms. The first-order valence-electron chi connectivity index (χ1n) is 7.69. The summed E-state index contributed by atoms with van der Waals surface area (Å²) in [7, 11) is 1.55. The van der Waals surface area contributed by atoms with E-state index in [0.717, 1.165) is 5.56 Å². The lowest BCUT2D eigenvalue weighted by molar-refractivity contribution is -0.126. The molecule has 0 atom stereocenters. The van der Waals surface area contributed by atoms with Gasteiger partial charge in [-0.15, -0.1) is 0 Å². The van der Waals surface area contributed by atoms with Crippen LogP contribution in [0.1, 0.15) is 12.3 Å². The summed E-state index contributed by atoms with van der Waals surface area (Å²) >= 11 is 5.83. The molecule has 0 unspecified atom stereocenters. The number of amides is 2. The average molecular weight is 367 g/mol. The van der Waals surface area contributed by atoms with Crippen molar-refractivity contribution in [1.29, 1.82) is 0 Å². The Morgan fingerprint density at radius 1 is 1.20 bits per heavy atom. The van der Waals surface area contributed by atoms with Crippen molar-refractivity contribution in [3.8, 4) is 11.4 Å². The van der Waals surface area contributed by atoms with Crippen molar-refractivity contribution in [2.45, 2.75) is 12.8 Å². The quantitative estimate of drug-likeness (QED) is 0.646. The second kappa shape index (κ2) is 9.75. The van der Waals surface area contributed by atoms with Crippen molar-refractivity contribution in [2.75, 3.05) is 26.8 Å². The zero-order valence-corrected chi connectivity index (χ0v) is 14.5. The van der Waals surface area contributed by atoms with Gasteiger partial charge in [-0.05, 0) is 24.3 Å². The second-order valence-corrected chi connectivity index (χ2v) is 5.57. The Bertz CT molecular complexity index is 702. The number of rotatable bonds is 9. The lowest BCUT2D eigenvalue weighted by Crippen LogP contribution is -2.38. The predicted molar refractivity (Wildman–Crippen MR) is 91.0 cm³/mol. The molecular weight excluding hydrogens is 348 g/mol. The van der Waals surface area contributed by atoms with E-state index in [1.165, 1.54) is 0 Å². The molecular formula is C16H19ClN4O4. The lowest BCUT2D eigenvalue weighted by Gasteiger charge is -2.05. The molecule has 2 rings (SSSR count). The third kappa shape index (κ3) is 6.52. The van der Waals surface area contributed by atoms with Crippen LogP contribution in [0.3, 0.4) is 0 Å². The maximum atomic E-state index is 11.7. The van der Waals surface area contributed by atoms with Crippen LogP contribution in [0.5, 0.6) is 0 Å². The van der Waals surface area contributed by atoms with Crippen molar-refractivity contribution in [2.24, 2.45) is 0 Å². The maximum Gasteiger partial charge on any atom is 0.239 e. The molecule has 2 N–H and O–H groups in total. The summed E-state index contributed by atoms with van der Waals surface area (Å²) in [5.74, 6) is 0.246. The molecule has 0 saturated heterocycles. The third-order valence-electron chi connectivity index (χ3n) is 3.21. The number of nitrogens with zero attached hydrogens (tertiary/aromatic N) is 2. The number of aryl methyl sites for hydroxylation is 1.